The van der Waals surface area contributed by atoms with E-state index in [2.05, 4.69) is 6.07 Å². The third-order valence-electron chi connectivity index (χ3n) is 2.85. The fraction of sp³-hybridized carbons (Fsp3) is 0.133. The van der Waals surface area contributed by atoms with Gasteiger partial charge in [-0.25, -0.2) is 4.39 Å². The van der Waals surface area contributed by atoms with Gasteiger partial charge in [0.15, 0.2) is 0 Å². The van der Waals surface area contributed by atoms with Crippen LogP contribution in [0.4, 0.5) is 15.8 Å². The predicted octanol–water partition coefficient (Wildman–Crippen LogP) is 3.77. The minimum absolute atomic E-state index is 0.267. The first-order chi connectivity index (χ1) is 8.61. The van der Waals surface area contributed by atoms with E-state index in [1.807, 2.05) is 37.1 Å². The average Bonchev–Trinajstić information content (AvgIpc) is 2.38. The van der Waals surface area contributed by atoms with E-state index >= 15 is 0 Å². The van der Waals surface area contributed by atoms with Crippen molar-refractivity contribution < 1.29 is 4.39 Å². The average molecular weight is 240 g/mol. The van der Waals surface area contributed by atoms with Gasteiger partial charge in [-0.05, 0) is 48.9 Å². The molecule has 0 radical (unpaired) electrons. The van der Waals surface area contributed by atoms with Crippen LogP contribution in [0.15, 0.2) is 42.5 Å². The lowest BCUT2D eigenvalue weighted by atomic mass is 10.1. The van der Waals surface area contributed by atoms with Crippen LogP contribution in [0.2, 0.25) is 0 Å². The van der Waals surface area contributed by atoms with E-state index in [0.717, 1.165) is 16.9 Å². The minimum Gasteiger partial charge on any atom is -0.344 e. The van der Waals surface area contributed by atoms with E-state index in [1.165, 1.54) is 12.1 Å². The fourth-order valence-corrected chi connectivity index (χ4v) is 1.84. The summed E-state index contributed by atoms with van der Waals surface area (Å²) in [4.78, 5) is 1.87. The highest BCUT2D eigenvalue weighted by molar-refractivity contribution is 5.69. The Labute approximate surface area is 106 Å². The molecule has 0 spiro atoms. The number of hydrogen-bond acceptors (Lipinski definition) is 2. The van der Waals surface area contributed by atoms with Crippen molar-refractivity contribution in [2.75, 3.05) is 11.9 Å². The molecule has 0 aliphatic rings. The number of aryl methyl sites for hydroxylation is 1. The summed E-state index contributed by atoms with van der Waals surface area (Å²) in [5, 5.41) is 9.15. The zero-order chi connectivity index (χ0) is 13.1. The van der Waals surface area contributed by atoms with Gasteiger partial charge in [-0.1, -0.05) is 6.07 Å². The normalized spacial score (nSPS) is 9.89. The molecule has 0 aromatic heterocycles. The highest BCUT2D eigenvalue weighted by Gasteiger charge is 2.09. The maximum atomic E-state index is 12.9. The molecule has 2 aromatic carbocycles. The third-order valence-corrected chi connectivity index (χ3v) is 2.85. The van der Waals surface area contributed by atoms with E-state index in [-0.39, 0.29) is 5.82 Å². The Morgan fingerprint density at radius 2 is 1.78 bits per heavy atom. The van der Waals surface area contributed by atoms with Crippen LogP contribution in [-0.4, -0.2) is 7.05 Å². The number of anilines is 2. The quantitative estimate of drug-likeness (QED) is 0.798. The summed E-state index contributed by atoms with van der Waals surface area (Å²) < 4.78 is 12.9. The molecule has 0 heterocycles. The molecule has 18 heavy (non-hydrogen) atoms. The molecule has 0 aliphatic heterocycles. The summed E-state index contributed by atoms with van der Waals surface area (Å²) in [6.45, 7) is 1.95. The molecule has 0 saturated carbocycles. The van der Waals surface area contributed by atoms with Crippen molar-refractivity contribution in [1.82, 2.24) is 0 Å². The lowest BCUT2D eigenvalue weighted by Crippen LogP contribution is -2.11. The van der Waals surface area contributed by atoms with Gasteiger partial charge in [0.2, 0.25) is 0 Å². The molecule has 0 N–H and O–H groups in total. The molecule has 2 aromatic rings. The maximum absolute atomic E-state index is 12.9. The highest BCUT2D eigenvalue weighted by Crippen LogP contribution is 2.27. The Bertz CT molecular complexity index is 597. The molecular weight excluding hydrogens is 227 g/mol. The van der Waals surface area contributed by atoms with Crippen LogP contribution < -0.4 is 4.90 Å². The molecule has 3 heteroatoms. The Balaban J connectivity index is 2.43. The number of rotatable bonds is 2. The molecule has 0 atom stereocenters. The molecule has 0 unspecified atom stereocenters. The summed E-state index contributed by atoms with van der Waals surface area (Å²) in [6, 6.07) is 14.1. The van der Waals surface area contributed by atoms with Crippen LogP contribution in [0.5, 0.6) is 0 Å². The number of nitriles is 1. The SMILES string of the molecule is Cc1ccc(N(C)c2ccc(F)cc2)c(C#N)c1. The van der Waals surface area contributed by atoms with Gasteiger partial charge in [0.05, 0.1) is 11.3 Å². The lowest BCUT2D eigenvalue weighted by Gasteiger charge is -2.20. The van der Waals surface area contributed by atoms with Crippen molar-refractivity contribution >= 4 is 11.4 Å². The third kappa shape index (κ3) is 2.33. The van der Waals surface area contributed by atoms with Crippen molar-refractivity contribution in [2.45, 2.75) is 6.92 Å². The topological polar surface area (TPSA) is 27.0 Å². The van der Waals surface area contributed by atoms with Gasteiger partial charge in [0.25, 0.3) is 0 Å². The van der Waals surface area contributed by atoms with E-state index in [0.29, 0.717) is 5.56 Å². The van der Waals surface area contributed by atoms with Gasteiger partial charge in [-0.3, -0.25) is 0 Å². The van der Waals surface area contributed by atoms with Crippen LogP contribution in [-0.2, 0) is 0 Å². The molecule has 2 nitrogen and oxygen atoms in total. The summed E-state index contributed by atoms with van der Waals surface area (Å²) >= 11 is 0. The summed E-state index contributed by atoms with van der Waals surface area (Å²) in [5.74, 6) is -0.267. The highest BCUT2D eigenvalue weighted by atomic mass is 19.1. The number of nitrogens with zero attached hydrogens (tertiary/aromatic N) is 2. The van der Waals surface area contributed by atoms with Gasteiger partial charge < -0.3 is 4.90 Å². The van der Waals surface area contributed by atoms with E-state index in [4.69, 9.17) is 5.26 Å². The Morgan fingerprint density at radius 1 is 1.11 bits per heavy atom. The zero-order valence-corrected chi connectivity index (χ0v) is 10.3. The van der Waals surface area contributed by atoms with Crippen molar-refractivity contribution in [3.05, 3.63) is 59.4 Å². The first-order valence-electron chi connectivity index (χ1n) is 5.62. The molecule has 0 bridgehead atoms. The van der Waals surface area contributed by atoms with Crippen LogP contribution in [0.3, 0.4) is 0 Å². The largest absolute Gasteiger partial charge is 0.344 e. The molecule has 2 rings (SSSR count). The summed E-state index contributed by atoms with van der Waals surface area (Å²) in [6.07, 6.45) is 0. The second-order valence-corrected chi connectivity index (χ2v) is 4.17. The Kier molecular flexibility index (Phi) is 3.29. The van der Waals surface area contributed by atoms with Crippen molar-refractivity contribution in [1.29, 1.82) is 5.26 Å². The first kappa shape index (κ1) is 12.1. The first-order valence-corrected chi connectivity index (χ1v) is 5.62. The summed E-state index contributed by atoms with van der Waals surface area (Å²) in [7, 11) is 1.86. The number of benzene rings is 2. The number of halogens is 1. The van der Waals surface area contributed by atoms with E-state index in [1.54, 1.807) is 12.1 Å². The molecular formula is C15H13FN2. The Morgan fingerprint density at radius 3 is 2.39 bits per heavy atom. The van der Waals surface area contributed by atoms with Gasteiger partial charge in [0.1, 0.15) is 11.9 Å². The van der Waals surface area contributed by atoms with Crippen LogP contribution in [0, 0.1) is 24.1 Å². The monoisotopic (exact) mass is 240 g/mol. The minimum atomic E-state index is -0.267. The maximum Gasteiger partial charge on any atom is 0.123 e. The van der Waals surface area contributed by atoms with E-state index < -0.39 is 0 Å². The molecule has 90 valence electrons. The van der Waals surface area contributed by atoms with Crippen LogP contribution >= 0.6 is 0 Å². The van der Waals surface area contributed by atoms with Crippen LogP contribution in [0.25, 0.3) is 0 Å². The molecule has 0 saturated heterocycles. The lowest BCUT2D eigenvalue weighted by molar-refractivity contribution is 0.628. The number of hydrogen-bond donors (Lipinski definition) is 0. The van der Waals surface area contributed by atoms with Gasteiger partial charge in [-0.2, -0.15) is 5.26 Å². The second-order valence-electron chi connectivity index (χ2n) is 4.17. The van der Waals surface area contributed by atoms with Crippen molar-refractivity contribution in [3.63, 3.8) is 0 Å². The molecule has 0 fully saturated rings. The van der Waals surface area contributed by atoms with Gasteiger partial charge in [0, 0.05) is 12.7 Å². The second kappa shape index (κ2) is 4.89. The van der Waals surface area contributed by atoms with Gasteiger partial charge >= 0.3 is 0 Å². The Hall–Kier alpha value is -2.34. The van der Waals surface area contributed by atoms with Gasteiger partial charge in [-0.15, -0.1) is 0 Å². The van der Waals surface area contributed by atoms with Crippen molar-refractivity contribution in [3.8, 4) is 6.07 Å². The summed E-state index contributed by atoms with van der Waals surface area (Å²) in [5.41, 5.74) is 3.32. The smallest absolute Gasteiger partial charge is 0.123 e. The molecule has 0 amide bonds. The van der Waals surface area contributed by atoms with Crippen molar-refractivity contribution in [2.24, 2.45) is 0 Å². The standard InChI is InChI=1S/C15H13FN2/c1-11-3-8-15(12(9-11)10-17)18(2)14-6-4-13(16)5-7-14/h3-9H,1-2H3. The van der Waals surface area contributed by atoms with E-state index in [9.17, 15) is 4.39 Å². The predicted molar refractivity (Wildman–Crippen MR) is 70.4 cm³/mol. The molecule has 0 aliphatic carbocycles. The zero-order valence-electron chi connectivity index (χ0n) is 10.3. The fourth-order valence-electron chi connectivity index (χ4n) is 1.84. The van der Waals surface area contributed by atoms with Crippen LogP contribution in [0.1, 0.15) is 11.1 Å².